The molecule has 148 valence electrons. The van der Waals surface area contributed by atoms with Crippen molar-refractivity contribution in [3.63, 3.8) is 0 Å². The highest BCUT2D eigenvalue weighted by molar-refractivity contribution is 7.98. The van der Waals surface area contributed by atoms with Crippen molar-refractivity contribution in [2.24, 2.45) is 7.05 Å². The molecule has 0 amide bonds. The lowest BCUT2D eigenvalue weighted by Crippen LogP contribution is -1.97. The summed E-state index contributed by atoms with van der Waals surface area (Å²) in [6.07, 6.45) is 0. The van der Waals surface area contributed by atoms with E-state index < -0.39 is 0 Å². The third-order valence-corrected chi connectivity index (χ3v) is 6.48. The number of hydrogen-bond acceptors (Lipinski definition) is 6. The van der Waals surface area contributed by atoms with Gasteiger partial charge in [-0.1, -0.05) is 53.7 Å². The van der Waals surface area contributed by atoms with Gasteiger partial charge >= 0.3 is 0 Å². The minimum absolute atomic E-state index is 0.486. The average molecular weight is 423 g/mol. The highest BCUT2D eigenvalue weighted by Gasteiger charge is 2.13. The zero-order valence-electron chi connectivity index (χ0n) is 16.6. The molecule has 0 bridgehead atoms. The van der Waals surface area contributed by atoms with Gasteiger partial charge in [-0.2, -0.15) is 0 Å². The Bertz CT molecular complexity index is 1100. The maximum absolute atomic E-state index is 5.82. The number of hydrogen-bond donors (Lipinski definition) is 0. The van der Waals surface area contributed by atoms with Gasteiger partial charge in [-0.25, -0.2) is 4.98 Å². The van der Waals surface area contributed by atoms with E-state index in [1.165, 1.54) is 11.1 Å². The van der Waals surface area contributed by atoms with Gasteiger partial charge in [0.25, 0.3) is 0 Å². The number of rotatable bonds is 7. The largest absolute Gasteiger partial charge is 0.486 e. The highest BCUT2D eigenvalue weighted by Crippen LogP contribution is 2.27. The molecule has 0 N–H and O–H groups in total. The summed E-state index contributed by atoms with van der Waals surface area (Å²) in [5.41, 5.74) is 4.55. The van der Waals surface area contributed by atoms with Gasteiger partial charge in [0.15, 0.2) is 11.0 Å². The highest BCUT2D eigenvalue weighted by atomic mass is 32.2. The summed E-state index contributed by atoms with van der Waals surface area (Å²) in [4.78, 5) is 4.68. The molecule has 0 unspecified atom stereocenters. The summed E-state index contributed by atoms with van der Waals surface area (Å²) >= 11 is 3.27. The number of ether oxygens (including phenoxy) is 1. The lowest BCUT2D eigenvalue weighted by Gasteiger charge is -2.06. The van der Waals surface area contributed by atoms with Gasteiger partial charge in [-0.3, -0.25) is 0 Å². The van der Waals surface area contributed by atoms with E-state index in [0.717, 1.165) is 38.7 Å². The predicted molar refractivity (Wildman–Crippen MR) is 118 cm³/mol. The lowest BCUT2D eigenvalue weighted by atomic mass is 10.1. The average Bonchev–Trinajstić information content (AvgIpc) is 3.33. The number of aryl methyl sites for hydroxylation is 2. The molecule has 0 saturated heterocycles. The third-order valence-electron chi connectivity index (χ3n) is 4.55. The molecule has 29 heavy (non-hydrogen) atoms. The van der Waals surface area contributed by atoms with Crippen molar-refractivity contribution >= 4 is 23.1 Å². The molecule has 0 saturated carbocycles. The first-order valence-electron chi connectivity index (χ1n) is 9.31. The molecule has 7 heteroatoms. The van der Waals surface area contributed by atoms with E-state index in [4.69, 9.17) is 4.74 Å². The van der Waals surface area contributed by atoms with Gasteiger partial charge in [0.1, 0.15) is 17.4 Å². The van der Waals surface area contributed by atoms with Gasteiger partial charge in [0, 0.05) is 23.7 Å². The van der Waals surface area contributed by atoms with Gasteiger partial charge in [-0.05, 0) is 31.5 Å². The summed E-state index contributed by atoms with van der Waals surface area (Å²) in [7, 11) is 2.01. The molecule has 0 aliphatic heterocycles. The zero-order chi connectivity index (χ0) is 20.2. The smallest absolute Gasteiger partial charge is 0.191 e. The summed E-state index contributed by atoms with van der Waals surface area (Å²) in [5, 5.41) is 12.7. The van der Waals surface area contributed by atoms with Crippen LogP contribution in [0.25, 0.3) is 11.4 Å². The molecular weight excluding hydrogens is 400 g/mol. The van der Waals surface area contributed by atoms with Crippen LogP contribution in [0.3, 0.4) is 0 Å². The Morgan fingerprint density at radius 3 is 2.62 bits per heavy atom. The van der Waals surface area contributed by atoms with Crippen LogP contribution in [0.1, 0.15) is 21.8 Å². The maximum atomic E-state index is 5.82. The first-order chi connectivity index (χ1) is 14.1. The number of nitrogens with zero attached hydrogens (tertiary/aromatic N) is 4. The van der Waals surface area contributed by atoms with E-state index in [-0.39, 0.29) is 0 Å². The second-order valence-corrected chi connectivity index (χ2v) is 8.69. The van der Waals surface area contributed by atoms with Crippen LogP contribution in [0.2, 0.25) is 0 Å². The van der Waals surface area contributed by atoms with Crippen molar-refractivity contribution < 1.29 is 4.74 Å². The lowest BCUT2D eigenvalue weighted by molar-refractivity contribution is 0.305. The van der Waals surface area contributed by atoms with E-state index in [2.05, 4.69) is 46.5 Å². The van der Waals surface area contributed by atoms with Crippen molar-refractivity contribution in [2.75, 3.05) is 0 Å². The molecule has 0 aliphatic rings. The Balaban J connectivity index is 1.36. The topological polar surface area (TPSA) is 52.8 Å². The Morgan fingerprint density at radius 1 is 1.03 bits per heavy atom. The molecule has 4 aromatic rings. The van der Waals surface area contributed by atoms with Gasteiger partial charge in [-0.15, -0.1) is 21.5 Å². The first-order valence-corrected chi connectivity index (χ1v) is 11.2. The second kappa shape index (κ2) is 8.80. The maximum Gasteiger partial charge on any atom is 0.191 e. The number of thiazole rings is 1. The van der Waals surface area contributed by atoms with Gasteiger partial charge in [0.05, 0.1) is 5.69 Å². The van der Waals surface area contributed by atoms with Crippen LogP contribution < -0.4 is 4.74 Å². The van der Waals surface area contributed by atoms with Gasteiger partial charge in [0.2, 0.25) is 0 Å². The fourth-order valence-electron chi connectivity index (χ4n) is 2.90. The normalized spacial score (nSPS) is 11.0. The molecule has 0 aliphatic carbocycles. The quantitative estimate of drug-likeness (QED) is 0.372. The third kappa shape index (κ3) is 4.68. The Morgan fingerprint density at radius 2 is 1.83 bits per heavy atom. The van der Waals surface area contributed by atoms with Crippen LogP contribution in [0.5, 0.6) is 5.75 Å². The Labute approximate surface area is 178 Å². The fraction of sp³-hybridized carbons (Fsp3) is 0.227. The molecule has 0 atom stereocenters. The summed E-state index contributed by atoms with van der Waals surface area (Å²) in [5.74, 6) is 2.50. The van der Waals surface area contributed by atoms with Crippen LogP contribution in [-0.2, 0) is 19.4 Å². The molecule has 2 aromatic carbocycles. The molecule has 5 nitrogen and oxygen atoms in total. The molecule has 2 heterocycles. The minimum Gasteiger partial charge on any atom is -0.486 e. The molecule has 0 fully saturated rings. The number of aromatic nitrogens is 4. The van der Waals surface area contributed by atoms with Crippen molar-refractivity contribution in [3.05, 3.63) is 75.7 Å². The van der Waals surface area contributed by atoms with Crippen LogP contribution in [0, 0.1) is 13.8 Å². The SMILES string of the molecule is Cc1ccc(OCc2nc(CSc3nnc(-c4ccccc4C)n3C)cs2)cc1. The fourth-order valence-corrected chi connectivity index (χ4v) is 4.51. The summed E-state index contributed by atoms with van der Waals surface area (Å²) in [6.45, 7) is 4.64. The van der Waals surface area contributed by atoms with E-state index in [1.807, 2.05) is 48.0 Å². The molecule has 4 rings (SSSR count). The molecule has 0 spiro atoms. The Kier molecular flexibility index (Phi) is 5.97. The molecule has 0 radical (unpaired) electrons. The van der Waals surface area contributed by atoms with Crippen molar-refractivity contribution in [1.82, 2.24) is 19.7 Å². The van der Waals surface area contributed by atoms with E-state index in [0.29, 0.717) is 6.61 Å². The van der Waals surface area contributed by atoms with Crippen molar-refractivity contribution in [1.29, 1.82) is 0 Å². The van der Waals surface area contributed by atoms with Gasteiger partial charge < -0.3 is 9.30 Å². The van der Waals surface area contributed by atoms with E-state index >= 15 is 0 Å². The number of benzene rings is 2. The number of thioether (sulfide) groups is 1. The van der Waals surface area contributed by atoms with Crippen LogP contribution in [0.15, 0.2) is 59.1 Å². The van der Waals surface area contributed by atoms with Crippen molar-refractivity contribution in [3.8, 4) is 17.1 Å². The van der Waals surface area contributed by atoms with E-state index in [1.54, 1.807) is 23.1 Å². The monoisotopic (exact) mass is 422 g/mol. The molecular formula is C22H22N4OS2. The van der Waals surface area contributed by atoms with E-state index in [9.17, 15) is 0 Å². The van der Waals surface area contributed by atoms with Crippen molar-refractivity contribution in [2.45, 2.75) is 31.4 Å². The van der Waals surface area contributed by atoms with Crippen LogP contribution in [-0.4, -0.2) is 19.7 Å². The zero-order valence-corrected chi connectivity index (χ0v) is 18.3. The van der Waals surface area contributed by atoms with Crippen LogP contribution >= 0.6 is 23.1 Å². The first kappa shape index (κ1) is 19.7. The molecule has 2 aromatic heterocycles. The van der Waals surface area contributed by atoms with Crippen LogP contribution in [0.4, 0.5) is 0 Å². The predicted octanol–water partition coefficient (Wildman–Crippen LogP) is 5.43. The second-order valence-electron chi connectivity index (χ2n) is 6.80. The standard InChI is InChI=1S/C22H22N4OS2/c1-15-8-10-18(11-9-15)27-12-20-23-17(13-28-20)14-29-22-25-24-21(26(22)3)19-7-5-4-6-16(19)2/h4-11,13H,12,14H2,1-3H3. The summed E-state index contributed by atoms with van der Waals surface area (Å²) < 4.78 is 7.86. The summed E-state index contributed by atoms with van der Waals surface area (Å²) in [6, 6.07) is 16.3. The Hall–Kier alpha value is -2.64. The minimum atomic E-state index is 0.486.